The maximum atomic E-state index is 14.8. The molecule has 16 atom stereocenters. The van der Waals surface area contributed by atoms with Crippen molar-refractivity contribution in [3.63, 3.8) is 0 Å². The molecule has 8 aliphatic carbocycles. The van der Waals surface area contributed by atoms with E-state index in [1.165, 1.54) is 12.1 Å². The molecule has 8 N–H and O–H groups in total. The van der Waals surface area contributed by atoms with Crippen molar-refractivity contribution in [1.29, 1.82) is 0 Å². The normalized spacial score (nSPS) is 53.3. The number of rotatable bonds is 3. The van der Waals surface area contributed by atoms with E-state index in [4.69, 9.17) is 4.74 Å². The molecule has 1 saturated heterocycles. The molecular formula is C43H58O10. The number of ether oxygens (including phenoxy) is 1. The Kier molecular flexibility index (Phi) is 7.66. The second-order valence-electron chi connectivity index (χ2n) is 19.8. The first-order valence-corrected chi connectivity index (χ1v) is 20.1. The van der Waals surface area contributed by atoms with Crippen LogP contribution in [0.15, 0.2) is 42.0 Å². The quantitative estimate of drug-likeness (QED) is 0.167. The van der Waals surface area contributed by atoms with Crippen LogP contribution in [0.25, 0.3) is 0 Å². The van der Waals surface area contributed by atoms with Crippen LogP contribution in [-0.4, -0.2) is 94.5 Å². The maximum absolute atomic E-state index is 14.8. The van der Waals surface area contributed by atoms with Crippen molar-refractivity contribution >= 4 is 5.78 Å². The summed E-state index contributed by atoms with van der Waals surface area (Å²) < 4.78 is 7.21. The topological polar surface area (TPSA) is 188 Å². The molecule has 2 spiro atoms. The van der Waals surface area contributed by atoms with E-state index in [1.54, 1.807) is 12.1 Å². The van der Waals surface area contributed by atoms with Gasteiger partial charge in [-0.2, -0.15) is 0 Å². The smallest absolute Gasteiger partial charge is 0.160 e. The van der Waals surface area contributed by atoms with Gasteiger partial charge in [0.2, 0.25) is 0 Å². The SMILES string of the molecule is C[C@H]1[C@H](O)[C@@]2(O[C@H]3C[C@]4(O)C5=CC(=O)[C@H]6[C@H](c7ccc(O)c(O)c7)[C@@H](O)[C@@H](O)C[C@]6(C)[C@@H]5C5(CCCC5)C[C@]4(C)[C@@H]3[C@]2(O)CCO)[C@H]2C=C[C@@]1(C)CC2. The van der Waals surface area contributed by atoms with Gasteiger partial charge < -0.3 is 45.6 Å². The molecule has 1 aromatic rings. The van der Waals surface area contributed by atoms with Crippen molar-refractivity contribution in [2.75, 3.05) is 6.61 Å². The van der Waals surface area contributed by atoms with Crippen LogP contribution >= 0.6 is 0 Å². The summed E-state index contributed by atoms with van der Waals surface area (Å²) in [6.07, 6.45) is 7.61. The van der Waals surface area contributed by atoms with Gasteiger partial charge in [-0.05, 0) is 96.0 Å². The second kappa shape index (κ2) is 11.2. The second-order valence-corrected chi connectivity index (χ2v) is 19.8. The molecule has 53 heavy (non-hydrogen) atoms. The first kappa shape index (κ1) is 36.3. The summed E-state index contributed by atoms with van der Waals surface area (Å²) in [6.45, 7) is 7.92. The molecule has 6 fully saturated rings. The lowest BCUT2D eigenvalue weighted by atomic mass is 9.37. The first-order valence-electron chi connectivity index (χ1n) is 20.1. The molecule has 0 amide bonds. The minimum absolute atomic E-state index is 0.0237. The summed E-state index contributed by atoms with van der Waals surface area (Å²) in [5.74, 6) is -4.11. The van der Waals surface area contributed by atoms with Crippen LogP contribution in [0.1, 0.15) is 103 Å². The molecule has 10 heteroatoms. The first-order chi connectivity index (χ1) is 24.9. The Morgan fingerprint density at radius 1 is 0.962 bits per heavy atom. The predicted molar refractivity (Wildman–Crippen MR) is 193 cm³/mol. The lowest BCUT2D eigenvalue weighted by Gasteiger charge is -2.67. The van der Waals surface area contributed by atoms with Gasteiger partial charge in [-0.3, -0.25) is 4.79 Å². The van der Waals surface area contributed by atoms with Gasteiger partial charge in [0.15, 0.2) is 17.3 Å². The highest BCUT2D eigenvalue weighted by Crippen LogP contribution is 2.79. The highest BCUT2D eigenvalue weighted by molar-refractivity contribution is 5.96. The van der Waals surface area contributed by atoms with E-state index in [-0.39, 0.29) is 66.3 Å². The zero-order valence-corrected chi connectivity index (χ0v) is 31.4. The van der Waals surface area contributed by atoms with Crippen LogP contribution in [0.2, 0.25) is 0 Å². The van der Waals surface area contributed by atoms with E-state index < -0.39 is 75.2 Å². The molecular weight excluding hydrogens is 676 g/mol. The lowest BCUT2D eigenvalue weighted by molar-refractivity contribution is -0.251. The summed E-state index contributed by atoms with van der Waals surface area (Å²) in [4.78, 5) is 14.8. The number of hydrogen-bond donors (Lipinski definition) is 8. The fraction of sp³-hybridized carbons (Fsp3) is 0.744. The van der Waals surface area contributed by atoms with E-state index in [0.29, 0.717) is 17.6 Å². The number of carbonyl (C=O) groups is 1. The van der Waals surface area contributed by atoms with Crippen molar-refractivity contribution in [1.82, 2.24) is 0 Å². The molecule has 2 bridgehead atoms. The average Bonchev–Trinajstić information content (AvgIpc) is 3.69. The molecule has 0 aromatic heterocycles. The number of hydrogen-bond acceptors (Lipinski definition) is 10. The number of phenolic OH excluding ortho intramolecular Hbond substituents is 2. The molecule has 5 saturated carbocycles. The van der Waals surface area contributed by atoms with Gasteiger partial charge in [-0.15, -0.1) is 0 Å². The highest BCUT2D eigenvalue weighted by Gasteiger charge is 2.83. The summed E-state index contributed by atoms with van der Waals surface area (Å²) in [6, 6.07) is 4.29. The predicted octanol–water partition coefficient (Wildman–Crippen LogP) is 4.01. The third kappa shape index (κ3) is 4.17. The Bertz CT molecular complexity index is 1780. The Hall–Kier alpha value is -2.31. The van der Waals surface area contributed by atoms with Crippen LogP contribution in [0.4, 0.5) is 0 Å². The lowest BCUT2D eigenvalue weighted by Crippen LogP contribution is -2.71. The monoisotopic (exact) mass is 734 g/mol. The van der Waals surface area contributed by atoms with Gasteiger partial charge in [0, 0.05) is 48.5 Å². The number of aliphatic hydroxyl groups is 6. The molecule has 1 aliphatic heterocycles. The van der Waals surface area contributed by atoms with Gasteiger partial charge in [-0.1, -0.05) is 58.8 Å². The summed E-state index contributed by atoms with van der Waals surface area (Å²) in [5, 5.41) is 93.9. The van der Waals surface area contributed by atoms with E-state index in [2.05, 4.69) is 19.1 Å². The van der Waals surface area contributed by atoms with Crippen molar-refractivity contribution in [2.45, 2.75) is 139 Å². The standard InChI is InChI=1S/C43H58O10/c1-22-36(50)43(24-9-13-37(22,2)14-10-24)41(51,15-16-44)35-30(53-43)20-42(52)25-18-28(47)32-31(23-7-8-26(45)27(46)17-23)33(49)29(48)19-38(32,3)34(25)40(11-5-6-12-40)21-39(35,42)4/h7-9,13,17-18,22,24,29-36,44-46,48-52H,5-6,10-12,14-16,19-21H2,1-4H3/t22-,24-,29-,30-,31-,32-,33-,34+,35+,36-,37-,38-,39+,41+,42-,43-/m0/s1. The molecule has 9 aliphatic rings. The third-order valence-electron chi connectivity index (χ3n) is 17.6. The number of ketones is 1. The van der Waals surface area contributed by atoms with E-state index in [1.807, 2.05) is 20.8 Å². The molecule has 1 aromatic carbocycles. The summed E-state index contributed by atoms with van der Waals surface area (Å²) in [7, 11) is 0. The minimum Gasteiger partial charge on any atom is -0.504 e. The Labute approximate surface area is 311 Å². The maximum Gasteiger partial charge on any atom is 0.160 e. The van der Waals surface area contributed by atoms with Crippen molar-refractivity contribution in [3.05, 3.63) is 47.6 Å². The van der Waals surface area contributed by atoms with Gasteiger partial charge in [0.05, 0.1) is 30.0 Å². The van der Waals surface area contributed by atoms with Crippen LogP contribution in [0.5, 0.6) is 11.5 Å². The van der Waals surface area contributed by atoms with Crippen molar-refractivity contribution in [3.8, 4) is 11.5 Å². The number of fused-ring (bicyclic) bond motifs is 10. The van der Waals surface area contributed by atoms with Crippen LogP contribution in [0.3, 0.4) is 0 Å². The van der Waals surface area contributed by atoms with Crippen LogP contribution in [0, 0.1) is 51.2 Å². The molecule has 0 unspecified atom stereocenters. The summed E-state index contributed by atoms with van der Waals surface area (Å²) in [5.41, 5.74) is -6.19. The Morgan fingerprint density at radius 3 is 2.32 bits per heavy atom. The fourth-order valence-electron chi connectivity index (χ4n) is 15.4. The van der Waals surface area contributed by atoms with E-state index in [9.17, 15) is 45.6 Å². The Morgan fingerprint density at radius 2 is 1.68 bits per heavy atom. The molecule has 1 heterocycles. The third-order valence-corrected chi connectivity index (χ3v) is 17.6. The Balaban J connectivity index is 1.21. The van der Waals surface area contributed by atoms with Gasteiger partial charge in [0.25, 0.3) is 0 Å². The van der Waals surface area contributed by atoms with Gasteiger partial charge in [0.1, 0.15) is 11.2 Å². The van der Waals surface area contributed by atoms with E-state index >= 15 is 0 Å². The number of allylic oxidation sites excluding steroid dienone is 2. The van der Waals surface area contributed by atoms with Crippen molar-refractivity contribution < 1.29 is 50.4 Å². The molecule has 0 radical (unpaired) electrons. The summed E-state index contributed by atoms with van der Waals surface area (Å²) >= 11 is 0. The fourth-order valence-corrected chi connectivity index (χ4v) is 15.4. The zero-order chi connectivity index (χ0) is 37.9. The molecule has 10 nitrogen and oxygen atoms in total. The number of benzene rings is 1. The molecule has 10 rings (SSSR count). The van der Waals surface area contributed by atoms with Gasteiger partial charge in [-0.25, -0.2) is 0 Å². The highest BCUT2D eigenvalue weighted by atomic mass is 16.6. The largest absolute Gasteiger partial charge is 0.504 e. The number of carbonyl (C=O) groups excluding carboxylic acids is 1. The van der Waals surface area contributed by atoms with Crippen LogP contribution in [-0.2, 0) is 9.53 Å². The molecule has 290 valence electrons. The minimum atomic E-state index is -1.70. The number of aliphatic hydroxyl groups excluding tert-OH is 4. The average molecular weight is 735 g/mol. The number of phenols is 2. The number of aromatic hydroxyl groups is 2. The zero-order valence-electron chi connectivity index (χ0n) is 31.4. The van der Waals surface area contributed by atoms with Crippen molar-refractivity contribution in [2.24, 2.45) is 51.2 Å². The van der Waals surface area contributed by atoms with Gasteiger partial charge >= 0.3 is 0 Å². The van der Waals surface area contributed by atoms with Crippen LogP contribution < -0.4 is 0 Å². The van der Waals surface area contributed by atoms with E-state index in [0.717, 1.165) is 38.5 Å².